The summed E-state index contributed by atoms with van der Waals surface area (Å²) in [5.41, 5.74) is 9.37. The maximum Gasteiger partial charge on any atom is 0.222 e. The van der Waals surface area contributed by atoms with E-state index in [0.717, 1.165) is 5.56 Å². The molecule has 0 fully saturated rings. The average molecular weight is 286 g/mol. The molecule has 0 atom stereocenters. The Morgan fingerprint density at radius 3 is 2.52 bits per heavy atom. The van der Waals surface area contributed by atoms with Gasteiger partial charge in [-0.25, -0.2) is 0 Å². The predicted octanol–water partition coefficient (Wildman–Crippen LogP) is 0.935. The number of anilines is 1. The smallest absolute Gasteiger partial charge is 0.222 e. The van der Waals surface area contributed by atoms with Crippen LogP contribution in [0.4, 0.5) is 5.69 Å². The van der Waals surface area contributed by atoms with E-state index in [1.165, 1.54) is 0 Å². The van der Waals surface area contributed by atoms with Crippen LogP contribution in [0, 0.1) is 16.7 Å². The van der Waals surface area contributed by atoms with E-state index in [1.807, 2.05) is 12.1 Å². The highest BCUT2D eigenvalue weighted by Crippen LogP contribution is 2.11. The maximum atomic E-state index is 11.5. The van der Waals surface area contributed by atoms with Crippen molar-refractivity contribution in [3.8, 4) is 6.07 Å². The molecule has 0 aliphatic rings. The van der Waals surface area contributed by atoms with Gasteiger partial charge in [-0.1, -0.05) is 12.1 Å². The molecule has 0 saturated heterocycles. The molecule has 4 N–H and O–H groups in total. The molecular formula is C14H18N6O. The number of nitrogens with zero attached hydrogens (tertiary/aromatic N) is 3. The summed E-state index contributed by atoms with van der Waals surface area (Å²) in [6.07, 6.45) is 1.12. The zero-order valence-electron chi connectivity index (χ0n) is 12.1. The number of amidine groups is 1. The third kappa shape index (κ3) is 5.32. The van der Waals surface area contributed by atoms with Crippen molar-refractivity contribution < 1.29 is 4.79 Å². The summed E-state index contributed by atoms with van der Waals surface area (Å²) in [7, 11) is 3.46. The van der Waals surface area contributed by atoms with E-state index in [9.17, 15) is 4.79 Å². The number of hydrogen-bond acceptors (Lipinski definition) is 5. The van der Waals surface area contributed by atoms with Crippen molar-refractivity contribution >= 4 is 23.1 Å². The fourth-order valence-corrected chi connectivity index (χ4v) is 1.49. The summed E-state index contributed by atoms with van der Waals surface area (Å²) in [4.78, 5) is 13.1. The van der Waals surface area contributed by atoms with Gasteiger partial charge in [0.1, 0.15) is 6.07 Å². The van der Waals surface area contributed by atoms with Gasteiger partial charge < -0.3 is 10.6 Å². The molecule has 21 heavy (non-hydrogen) atoms. The van der Waals surface area contributed by atoms with Gasteiger partial charge in [0.2, 0.25) is 11.6 Å². The standard InChI is InChI=1S/C14H18N6O/c1-20(2)13(21)8-5-10-3-6-11(7-4-10)18-19-12(9-15)14(16)17/h3-4,6-7,18H,5,8H2,1-2H3,(H3,16,17)/b19-12+. The molecule has 7 nitrogen and oxygen atoms in total. The molecule has 0 aliphatic heterocycles. The van der Waals surface area contributed by atoms with E-state index in [-0.39, 0.29) is 17.5 Å². The molecule has 0 heterocycles. The first-order chi connectivity index (χ1) is 9.93. The molecule has 0 saturated carbocycles. The molecular weight excluding hydrogens is 268 g/mol. The first-order valence-corrected chi connectivity index (χ1v) is 6.31. The number of carbonyl (C=O) groups excluding carboxylic acids is 1. The van der Waals surface area contributed by atoms with Gasteiger partial charge in [0, 0.05) is 20.5 Å². The summed E-state index contributed by atoms with van der Waals surface area (Å²) >= 11 is 0. The van der Waals surface area contributed by atoms with E-state index in [1.54, 1.807) is 37.2 Å². The lowest BCUT2D eigenvalue weighted by atomic mass is 10.1. The third-order valence-corrected chi connectivity index (χ3v) is 2.74. The van der Waals surface area contributed by atoms with Crippen molar-refractivity contribution in [3.05, 3.63) is 29.8 Å². The lowest BCUT2D eigenvalue weighted by Crippen LogP contribution is -2.22. The van der Waals surface area contributed by atoms with Gasteiger partial charge in [0.25, 0.3) is 0 Å². The van der Waals surface area contributed by atoms with Gasteiger partial charge in [-0.3, -0.25) is 15.6 Å². The summed E-state index contributed by atoms with van der Waals surface area (Å²) < 4.78 is 0. The Bertz CT molecular complexity index is 582. The Hall–Kier alpha value is -2.88. The molecule has 0 aliphatic carbocycles. The van der Waals surface area contributed by atoms with Crippen LogP contribution < -0.4 is 11.2 Å². The second-order valence-corrected chi connectivity index (χ2v) is 4.58. The molecule has 1 amide bonds. The topological polar surface area (TPSA) is 118 Å². The molecule has 0 bridgehead atoms. The Morgan fingerprint density at radius 2 is 2.05 bits per heavy atom. The Balaban J connectivity index is 2.61. The van der Waals surface area contributed by atoms with Gasteiger partial charge in [0.15, 0.2) is 5.84 Å². The van der Waals surface area contributed by atoms with Crippen LogP contribution in [-0.2, 0) is 11.2 Å². The zero-order valence-corrected chi connectivity index (χ0v) is 12.1. The minimum Gasteiger partial charge on any atom is -0.382 e. The zero-order chi connectivity index (χ0) is 15.8. The van der Waals surface area contributed by atoms with Crippen molar-refractivity contribution in [2.45, 2.75) is 12.8 Å². The lowest BCUT2D eigenvalue weighted by Gasteiger charge is -2.10. The van der Waals surface area contributed by atoms with Crippen molar-refractivity contribution in [1.29, 1.82) is 10.7 Å². The molecule has 0 aromatic heterocycles. The van der Waals surface area contributed by atoms with Gasteiger partial charge in [-0.05, 0) is 24.1 Å². The molecule has 0 unspecified atom stereocenters. The van der Waals surface area contributed by atoms with Gasteiger partial charge in [-0.15, -0.1) is 0 Å². The minimum atomic E-state index is -0.385. The van der Waals surface area contributed by atoms with E-state index in [0.29, 0.717) is 18.5 Å². The highest BCUT2D eigenvalue weighted by atomic mass is 16.2. The van der Waals surface area contributed by atoms with E-state index in [4.69, 9.17) is 16.4 Å². The van der Waals surface area contributed by atoms with Crippen LogP contribution in [0.1, 0.15) is 12.0 Å². The Morgan fingerprint density at radius 1 is 1.43 bits per heavy atom. The van der Waals surface area contributed by atoms with Crippen LogP contribution in [0.3, 0.4) is 0 Å². The second-order valence-electron chi connectivity index (χ2n) is 4.58. The quantitative estimate of drug-likeness (QED) is 0.409. The maximum absolute atomic E-state index is 11.5. The fourth-order valence-electron chi connectivity index (χ4n) is 1.49. The second kappa shape index (κ2) is 7.65. The largest absolute Gasteiger partial charge is 0.382 e. The predicted molar refractivity (Wildman–Crippen MR) is 82.0 cm³/mol. The fraction of sp³-hybridized carbons (Fsp3) is 0.286. The molecule has 0 radical (unpaired) electrons. The molecule has 110 valence electrons. The number of aryl methyl sites for hydroxylation is 1. The Labute approximate surface area is 123 Å². The lowest BCUT2D eigenvalue weighted by molar-refractivity contribution is -0.128. The van der Waals surface area contributed by atoms with Crippen LogP contribution in [-0.4, -0.2) is 36.4 Å². The number of benzene rings is 1. The van der Waals surface area contributed by atoms with Crippen LogP contribution in [0.2, 0.25) is 0 Å². The number of nitrogens with two attached hydrogens (primary N) is 1. The van der Waals surface area contributed by atoms with Gasteiger partial charge in [-0.2, -0.15) is 10.4 Å². The number of hydrazone groups is 1. The summed E-state index contributed by atoms with van der Waals surface area (Å²) in [6, 6.07) is 9.05. The van der Waals surface area contributed by atoms with Crippen molar-refractivity contribution in [2.24, 2.45) is 10.8 Å². The number of carbonyl (C=O) groups is 1. The van der Waals surface area contributed by atoms with E-state index >= 15 is 0 Å². The normalized spacial score (nSPS) is 10.6. The molecule has 7 heteroatoms. The van der Waals surface area contributed by atoms with Crippen molar-refractivity contribution in [3.63, 3.8) is 0 Å². The van der Waals surface area contributed by atoms with Crippen LogP contribution >= 0.6 is 0 Å². The van der Waals surface area contributed by atoms with Gasteiger partial charge in [0.05, 0.1) is 5.69 Å². The van der Waals surface area contributed by atoms with Crippen molar-refractivity contribution in [1.82, 2.24) is 4.90 Å². The molecule has 0 spiro atoms. The number of rotatable bonds is 6. The third-order valence-electron chi connectivity index (χ3n) is 2.74. The summed E-state index contributed by atoms with van der Waals surface area (Å²) in [5.74, 6) is -0.300. The Kier molecular flexibility index (Phi) is 5.89. The number of hydrogen-bond donors (Lipinski definition) is 3. The first kappa shape index (κ1) is 16.2. The van der Waals surface area contributed by atoms with E-state index in [2.05, 4.69) is 10.5 Å². The summed E-state index contributed by atoms with van der Waals surface area (Å²) in [5, 5.41) is 19.6. The molecule has 1 aromatic carbocycles. The molecule has 1 aromatic rings. The highest BCUT2D eigenvalue weighted by molar-refractivity contribution is 6.45. The van der Waals surface area contributed by atoms with Crippen molar-refractivity contribution in [2.75, 3.05) is 19.5 Å². The number of nitriles is 1. The van der Waals surface area contributed by atoms with Gasteiger partial charge >= 0.3 is 0 Å². The minimum absolute atomic E-state index is 0.0851. The monoisotopic (exact) mass is 286 g/mol. The van der Waals surface area contributed by atoms with Crippen LogP contribution in [0.5, 0.6) is 0 Å². The number of amides is 1. The SMILES string of the molecule is CN(C)C(=O)CCc1ccc(N/N=C(\C#N)C(=N)N)cc1. The van der Waals surface area contributed by atoms with Crippen LogP contribution in [0.25, 0.3) is 0 Å². The van der Waals surface area contributed by atoms with Crippen LogP contribution in [0.15, 0.2) is 29.4 Å². The average Bonchev–Trinajstić information content (AvgIpc) is 2.46. The number of nitrogens with one attached hydrogen (secondary N) is 2. The molecule has 1 rings (SSSR count). The van der Waals surface area contributed by atoms with E-state index < -0.39 is 0 Å². The highest BCUT2D eigenvalue weighted by Gasteiger charge is 2.04. The summed E-state index contributed by atoms with van der Waals surface area (Å²) in [6.45, 7) is 0. The first-order valence-electron chi connectivity index (χ1n) is 6.31.